The molecule has 1 aliphatic heterocycles. The molecule has 0 amide bonds. The topological polar surface area (TPSA) is 3.24 Å². The first-order valence-electron chi connectivity index (χ1n) is 6.35. The monoisotopic (exact) mass is 233 g/mol. The maximum Gasteiger partial charge on any atom is 0.0351 e. The summed E-state index contributed by atoms with van der Waals surface area (Å²) in [5.41, 5.74) is 3.21. The van der Waals surface area contributed by atoms with E-state index in [-0.39, 0.29) is 0 Å². The van der Waals surface area contributed by atoms with Crippen LogP contribution in [-0.4, -0.2) is 29.5 Å². The van der Waals surface area contributed by atoms with Crippen molar-refractivity contribution in [3.05, 3.63) is 35.4 Å². The first-order chi connectivity index (χ1) is 7.95. The molecule has 1 nitrogen and oxygen atoms in total. The lowest BCUT2D eigenvalue weighted by atomic mass is 9.87. The first-order valence-corrected chi connectivity index (χ1v) is 7.50. The zero-order valence-electron chi connectivity index (χ0n) is 9.69. The Morgan fingerprint density at radius 3 is 2.81 bits per heavy atom. The maximum atomic E-state index is 2.70. The minimum Gasteiger partial charge on any atom is -0.295 e. The van der Waals surface area contributed by atoms with Crippen molar-refractivity contribution < 1.29 is 0 Å². The normalized spacial score (nSPS) is 26.4. The van der Waals surface area contributed by atoms with Crippen LogP contribution in [-0.2, 0) is 6.42 Å². The summed E-state index contributed by atoms with van der Waals surface area (Å²) in [6, 6.07) is 9.77. The molecule has 2 aliphatic rings. The van der Waals surface area contributed by atoms with Gasteiger partial charge >= 0.3 is 0 Å². The molecule has 86 valence electrons. The third-order valence-electron chi connectivity index (χ3n) is 3.82. The second-order valence-electron chi connectivity index (χ2n) is 4.76. The number of nitrogens with zero attached hydrogens (tertiary/aromatic N) is 1. The number of thioether (sulfide) groups is 1. The van der Waals surface area contributed by atoms with Gasteiger partial charge in [-0.25, -0.2) is 0 Å². The van der Waals surface area contributed by atoms with Crippen LogP contribution in [0.1, 0.15) is 30.0 Å². The van der Waals surface area contributed by atoms with Gasteiger partial charge in [0.25, 0.3) is 0 Å². The number of rotatable bonds is 1. The van der Waals surface area contributed by atoms with Gasteiger partial charge in [-0.15, -0.1) is 0 Å². The summed E-state index contributed by atoms with van der Waals surface area (Å²) in [5.74, 6) is 2.64. The van der Waals surface area contributed by atoms with E-state index in [0.717, 1.165) is 0 Å². The molecule has 0 spiro atoms. The number of hydrogen-bond donors (Lipinski definition) is 0. The van der Waals surface area contributed by atoms with Crippen molar-refractivity contribution in [2.24, 2.45) is 0 Å². The van der Waals surface area contributed by atoms with Gasteiger partial charge in [-0.3, -0.25) is 4.90 Å². The third-order valence-corrected chi connectivity index (χ3v) is 4.77. The Kier molecular flexibility index (Phi) is 3.20. The maximum absolute atomic E-state index is 2.70. The zero-order chi connectivity index (χ0) is 10.8. The molecule has 0 N–H and O–H groups in total. The van der Waals surface area contributed by atoms with Gasteiger partial charge in [0, 0.05) is 30.6 Å². The van der Waals surface area contributed by atoms with Gasteiger partial charge in [-0.2, -0.15) is 11.8 Å². The van der Waals surface area contributed by atoms with Crippen LogP contribution in [0.2, 0.25) is 0 Å². The smallest absolute Gasteiger partial charge is 0.0351 e. The van der Waals surface area contributed by atoms with E-state index in [1.807, 2.05) is 0 Å². The molecule has 1 unspecified atom stereocenters. The summed E-state index contributed by atoms with van der Waals surface area (Å²) in [7, 11) is 0. The van der Waals surface area contributed by atoms with E-state index in [9.17, 15) is 0 Å². The first kappa shape index (κ1) is 10.7. The summed E-state index contributed by atoms with van der Waals surface area (Å²) in [4.78, 5) is 2.70. The summed E-state index contributed by atoms with van der Waals surface area (Å²) in [5, 5.41) is 0. The van der Waals surface area contributed by atoms with E-state index >= 15 is 0 Å². The van der Waals surface area contributed by atoms with Crippen LogP contribution >= 0.6 is 11.8 Å². The van der Waals surface area contributed by atoms with Crippen molar-refractivity contribution in [3.63, 3.8) is 0 Å². The average Bonchev–Trinajstić information content (AvgIpc) is 2.39. The number of benzene rings is 1. The van der Waals surface area contributed by atoms with Crippen molar-refractivity contribution >= 4 is 11.8 Å². The van der Waals surface area contributed by atoms with Crippen LogP contribution in [0.4, 0.5) is 0 Å². The van der Waals surface area contributed by atoms with Crippen LogP contribution in [0.5, 0.6) is 0 Å². The molecule has 0 bridgehead atoms. The highest BCUT2D eigenvalue weighted by molar-refractivity contribution is 7.99. The highest BCUT2D eigenvalue weighted by atomic mass is 32.2. The van der Waals surface area contributed by atoms with Crippen LogP contribution in [0, 0.1) is 0 Å². The predicted molar refractivity (Wildman–Crippen MR) is 71.0 cm³/mol. The van der Waals surface area contributed by atoms with Gasteiger partial charge in [0.2, 0.25) is 0 Å². The molecule has 16 heavy (non-hydrogen) atoms. The molecule has 1 aromatic carbocycles. The summed E-state index contributed by atoms with van der Waals surface area (Å²) in [6.07, 6.45) is 4.02. The van der Waals surface area contributed by atoms with E-state index in [2.05, 4.69) is 40.9 Å². The Labute approximate surface area is 102 Å². The van der Waals surface area contributed by atoms with Crippen molar-refractivity contribution in [1.82, 2.24) is 4.90 Å². The van der Waals surface area contributed by atoms with E-state index in [4.69, 9.17) is 0 Å². The van der Waals surface area contributed by atoms with E-state index in [0.29, 0.717) is 6.04 Å². The van der Waals surface area contributed by atoms with E-state index < -0.39 is 0 Å². The van der Waals surface area contributed by atoms with E-state index in [1.54, 1.807) is 11.1 Å². The van der Waals surface area contributed by atoms with Gasteiger partial charge in [0.15, 0.2) is 0 Å². The Morgan fingerprint density at radius 1 is 1.12 bits per heavy atom. The van der Waals surface area contributed by atoms with Gasteiger partial charge < -0.3 is 0 Å². The molecule has 3 rings (SSSR count). The Morgan fingerprint density at radius 2 is 1.94 bits per heavy atom. The SMILES string of the molecule is c1ccc2c(c1)CCCC2N1CCSCC1. The Balaban J connectivity index is 1.86. The lowest BCUT2D eigenvalue weighted by molar-refractivity contribution is 0.197. The average molecular weight is 233 g/mol. The van der Waals surface area contributed by atoms with Crippen LogP contribution in [0.15, 0.2) is 24.3 Å². The van der Waals surface area contributed by atoms with Gasteiger partial charge in [-0.1, -0.05) is 24.3 Å². The van der Waals surface area contributed by atoms with Crippen molar-refractivity contribution in [2.45, 2.75) is 25.3 Å². The molecule has 2 heteroatoms. The molecule has 0 aromatic heterocycles. The molecule has 0 saturated carbocycles. The molecule has 1 saturated heterocycles. The zero-order valence-corrected chi connectivity index (χ0v) is 10.5. The minimum atomic E-state index is 0.714. The number of hydrogen-bond acceptors (Lipinski definition) is 2. The van der Waals surface area contributed by atoms with Gasteiger partial charge in [0.05, 0.1) is 0 Å². The summed E-state index contributed by atoms with van der Waals surface area (Å²) >= 11 is 2.10. The van der Waals surface area contributed by atoms with Crippen molar-refractivity contribution in [3.8, 4) is 0 Å². The minimum absolute atomic E-state index is 0.714. The predicted octanol–water partition coefficient (Wildman–Crippen LogP) is 3.11. The quantitative estimate of drug-likeness (QED) is 0.733. The second kappa shape index (κ2) is 4.80. The number of fused-ring (bicyclic) bond motifs is 1. The standard InChI is InChI=1S/C14H19NS/c1-2-6-13-12(4-1)5-3-7-14(13)15-8-10-16-11-9-15/h1-2,4,6,14H,3,5,7-11H2. The van der Waals surface area contributed by atoms with Crippen LogP contribution in [0.3, 0.4) is 0 Å². The fraction of sp³-hybridized carbons (Fsp3) is 0.571. The molecule has 1 atom stereocenters. The lowest BCUT2D eigenvalue weighted by Gasteiger charge is -2.37. The Bertz CT molecular complexity index is 358. The summed E-state index contributed by atoms with van der Waals surface area (Å²) in [6.45, 7) is 2.56. The molecular formula is C14H19NS. The van der Waals surface area contributed by atoms with Crippen LogP contribution in [0.25, 0.3) is 0 Å². The van der Waals surface area contributed by atoms with Crippen molar-refractivity contribution in [2.75, 3.05) is 24.6 Å². The summed E-state index contributed by atoms with van der Waals surface area (Å²) < 4.78 is 0. The second-order valence-corrected chi connectivity index (χ2v) is 5.98. The van der Waals surface area contributed by atoms with Gasteiger partial charge in [-0.05, 0) is 30.4 Å². The third kappa shape index (κ3) is 2.01. The molecule has 1 aliphatic carbocycles. The van der Waals surface area contributed by atoms with Gasteiger partial charge in [0.1, 0.15) is 0 Å². The Hall–Kier alpha value is -0.470. The molecule has 1 aromatic rings. The lowest BCUT2D eigenvalue weighted by Crippen LogP contribution is -2.37. The largest absolute Gasteiger partial charge is 0.295 e. The highest BCUT2D eigenvalue weighted by Crippen LogP contribution is 2.35. The van der Waals surface area contributed by atoms with E-state index in [1.165, 1.54) is 43.9 Å². The highest BCUT2D eigenvalue weighted by Gasteiger charge is 2.26. The molecule has 1 fully saturated rings. The molecule has 0 radical (unpaired) electrons. The number of aryl methyl sites for hydroxylation is 1. The molecule has 1 heterocycles. The van der Waals surface area contributed by atoms with Crippen LogP contribution < -0.4 is 0 Å². The fourth-order valence-corrected chi connectivity index (χ4v) is 3.93. The fourth-order valence-electron chi connectivity index (χ4n) is 3.00. The molecular weight excluding hydrogens is 214 g/mol. The van der Waals surface area contributed by atoms with Crippen molar-refractivity contribution in [1.29, 1.82) is 0 Å².